The van der Waals surface area contributed by atoms with Crippen LogP contribution in [0.15, 0.2) is 516 Å². The zero-order chi connectivity index (χ0) is 89.0. The molecule has 0 spiro atoms. The van der Waals surface area contributed by atoms with Crippen LogP contribution < -0.4 is 0 Å². The smallest absolute Gasteiger partial charge is 0.0641 e. The molecular formula is C130H85N5. The number of fused-ring (bicyclic) bond motifs is 25. The third-order valence-corrected chi connectivity index (χ3v) is 27.8. The van der Waals surface area contributed by atoms with Gasteiger partial charge in [0, 0.05) is 93.1 Å². The van der Waals surface area contributed by atoms with Crippen molar-refractivity contribution in [2.75, 3.05) is 0 Å². The first-order valence-electron chi connectivity index (χ1n) is 46.5. The van der Waals surface area contributed by atoms with E-state index in [4.69, 9.17) is 0 Å². The molecule has 0 bridgehead atoms. The van der Waals surface area contributed by atoms with Gasteiger partial charge in [0.1, 0.15) is 0 Å². The van der Waals surface area contributed by atoms with Crippen molar-refractivity contribution in [1.82, 2.24) is 22.8 Å². The Hall–Kier alpha value is -17.9. The summed E-state index contributed by atoms with van der Waals surface area (Å²) in [7, 11) is 0. The molecule has 5 aromatic heterocycles. The Morgan fingerprint density at radius 3 is 0.741 bits per heavy atom. The number of para-hydroxylation sites is 4. The topological polar surface area (TPSA) is 24.6 Å². The Bertz CT molecular complexity index is 9390. The zero-order valence-corrected chi connectivity index (χ0v) is 73.8. The van der Waals surface area contributed by atoms with E-state index in [1.54, 1.807) is 0 Å². The maximum atomic E-state index is 2.48. The first kappa shape index (κ1) is 78.2. The average molecular weight is 1720 g/mol. The van der Waals surface area contributed by atoms with E-state index in [1.807, 2.05) is 0 Å². The molecule has 0 aliphatic rings. The van der Waals surface area contributed by atoms with Crippen molar-refractivity contribution >= 4 is 152 Å². The van der Waals surface area contributed by atoms with Gasteiger partial charge in [-0.05, 0) is 202 Å². The molecule has 0 radical (unpaired) electrons. The zero-order valence-electron chi connectivity index (χ0n) is 73.8. The van der Waals surface area contributed by atoms with E-state index in [0.717, 1.165) is 17.1 Å². The minimum absolute atomic E-state index is 1.15. The normalized spacial score (nSPS) is 11.7. The Balaban J connectivity index is 0.000000106. The van der Waals surface area contributed by atoms with Gasteiger partial charge in [0.25, 0.3) is 0 Å². The Morgan fingerprint density at radius 1 is 0.104 bits per heavy atom. The molecule has 0 amide bonds. The second-order valence-electron chi connectivity index (χ2n) is 35.2. The summed E-state index contributed by atoms with van der Waals surface area (Å²) in [6.45, 7) is 0. The maximum absolute atomic E-state index is 2.48. The molecule has 5 nitrogen and oxygen atoms in total. The predicted octanol–water partition coefficient (Wildman–Crippen LogP) is 35.2. The van der Waals surface area contributed by atoms with Crippen LogP contribution in [0.3, 0.4) is 0 Å². The van der Waals surface area contributed by atoms with Gasteiger partial charge < -0.3 is 22.8 Å². The van der Waals surface area contributed by atoms with Gasteiger partial charge in [-0.15, -0.1) is 0 Å². The number of aromatic nitrogens is 5. The van der Waals surface area contributed by atoms with Gasteiger partial charge in [0.2, 0.25) is 0 Å². The van der Waals surface area contributed by atoms with Crippen LogP contribution in [-0.2, 0) is 0 Å². The van der Waals surface area contributed by atoms with Gasteiger partial charge >= 0.3 is 0 Å². The number of rotatable bonds is 11. The molecule has 0 saturated carbocycles. The van der Waals surface area contributed by atoms with E-state index >= 15 is 0 Å². The van der Waals surface area contributed by atoms with Crippen molar-refractivity contribution in [3.63, 3.8) is 0 Å². The number of nitrogens with zero attached hydrogens (tertiary/aromatic N) is 5. The summed E-state index contributed by atoms with van der Waals surface area (Å²) in [6.07, 6.45) is 0. The highest BCUT2D eigenvalue weighted by atomic mass is 15.0. The molecule has 0 saturated heterocycles. The quantitative estimate of drug-likeness (QED) is 0.123. The molecule has 0 N–H and O–H groups in total. The van der Waals surface area contributed by atoms with Crippen molar-refractivity contribution in [2.24, 2.45) is 0 Å². The summed E-state index contributed by atoms with van der Waals surface area (Å²) in [5, 5.41) is 22.9. The molecule has 28 rings (SSSR count). The molecule has 135 heavy (non-hydrogen) atoms. The molecule has 28 aromatic rings. The van der Waals surface area contributed by atoms with E-state index in [1.165, 1.54) is 230 Å². The number of hydrogen-bond donors (Lipinski definition) is 0. The number of hydrogen-bond acceptors (Lipinski definition) is 0. The van der Waals surface area contributed by atoms with E-state index in [9.17, 15) is 0 Å². The minimum Gasteiger partial charge on any atom is -0.309 e. The summed E-state index contributed by atoms with van der Waals surface area (Å²) < 4.78 is 12.2. The van der Waals surface area contributed by atoms with Gasteiger partial charge in [0.05, 0.1) is 55.2 Å². The van der Waals surface area contributed by atoms with Crippen LogP contribution in [0.4, 0.5) is 0 Å². The highest BCUT2D eigenvalue weighted by Gasteiger charge is 2.27. The first-order valence-corrected chi connectivity index (χ1v) is 46.5. The molecule has 5 heterocycles. The Kier molecular flexibility index (Phi) is 18.9. The fourth-order valence-electron chi connectivity index (χ4n) is 21.9. The van der Waals surface area contributed by atoms with Crippen LogP contribution in [0.25, 0.3) is 247 Å². The largest absolute Gasteiger partial charge is 0.309 e. The standard InChI is InChI=1S/2C46H30N2.C38H25N/c1-3-13-31(14-4-1)36-18-9-10-19-37(36)33-23-26-35(27-24-33)47-42-22-12-11-21-39(42)40-29-30-43-44(46(40)47)41-28-25-32-15-7-8-20-38(32)45(41)48(43)34-16-5-2-6-17-34;1-3-13-31(14-4-1)36-18-9-10-19-37(36)33-23-26-35(27-24-33)47-41-22-12-11-21-39(41)44-42(47)29-30-43-45(44)40-28-25-32-15-7-8-20-38(32)46(40)48(43)34-16-5-2-6-17-34;1-2-10-26(11-3-1)31-14-8-9-15-32(31)29-18-22-30(23-19-29)39-35-24-20-27-12-4-6-16-33(27)37(35)38-34-17-7-5-13-28(34)21-25-36(38)39/h2*1-30H;1-25H. The van der Waals surface area contributed by atoms with Crippen LogP contribution in [0.5, 0.6) is 0 Å². The lowest BCUT2D eigenvalue weighted by Gasteiger charge is -2.13. The van der Waals surface area contributed by atoms with Gasteiger partial charge in [0.15, 0.2) is 0 Å². The van der Waals surface area contributed by atoms with Crippen molar-refractivity contribution < 1.29 is 0 Å². The van der Waals surface area contributed by atoms with Gasteiger partial charge in [-0.1, -0.05) is 413 Å². The molecule has 0 unspecified atom stereocenters. The summed E-state index contributed by atoms with van der Waals surface area (Å²) in [5.74, 6) is 0. The molecule has 5 heteroatoms. The molecular weight excluding hydrogens is 1630 g/mol. The fraction of sp³-hybridized carbons (Fsp3) is 0. The molecule has 0 aliphatic heterocycles. The number of benzene rings is 23. The lowest BCUT2D eigenvalue weighted by Crippen LogP contribution is -1.95. The van der Waals surface area contributed by atoms with Gasteiger partial charge in [-0.25, -0.2) is 0 Å². The Morgan fingerprint density at radius 2 is 0.333 bits per heavy atom. The fourth-order valence-corrected chi connectivity index (χ4v) is 21.9. The highest BCUT2D eigenvalue weighted by Crippen LogP contribution is 2.49. The third kappa shape index (κ3) is 13.0. The highest BCUT2D eigenvalue weighted by molar-refractivity contribution is 6.33. The molecule has 630 valence electrons. The van der Waals surface area contributed by atoms with Crippen LogP contribution in [0.1, 0.15) is 0 Å². The molecule has 0 fully saturated rings. The summed E-state index contributed by atoms with van der Waals surface area (Å²) >= 11 is 0. The summed E-state index contributed by atoms with van der Waals surface area (Å²) in [6, 6.07) is 187. The lowest BCUT2D eigenvalue weighted by atomic mass is 9.94. The maximum Gasteiger partial charge on any atom is 0.0641 e. The molecule has 0 aliphatic carbocycles. The average Bonchev–Trinajstić information content (AvgIpc) is 1.56. The summed E-state index contributed by atoms with van der Waals surface area (Å²) in [5.41, 5.74) is 32.8. The lowest BCUT2D eigenvalue weighted by molar-refractivity contribution is 1.17. The van der Waals surface area contributed by atoms with Crippen LogP contribution in [-0.4, -0.2) is 22.8 Å². The third-order valence-electron chi connectivity index (χ3n) is 27.8. The van der Waals surface area contributed by atoms with Gasteiger partial charge in [-0.2, -0.15) is 0 Å². The minimum atomic E-state index is 1.15. The molecule has 23 aromatic carbocycles. The SMILES string of the molecule is c1ccc(-c2ccccc2-c2ccc(-n3c4ccc5ccccc5c4c4c5ccccc5ccc43)cc2)cc1.c1ccc(-c2ccccc2-c2ccc(-n3c4ccccc4c4c5c6ccc7ccccc7c6n(-c6ccccc6)c5ccc43)cc2)cc1.c1ccc(-c2ccccc2-c2ccc(-n3c4ccccc4c4ccc5c(c6ccc7ccccc7c6n5-c5ccccc5)c43)cc2)cc1. The van der Waals surface area contributed by atoms with Crippen LogP contribution in [0.2, 0.25) is 0 Å². The Labute approximate surface area is 780 Å². The van der Waals surface area contributed by atoms with Crippen LogP contribution >= 0.6 is 0 Å². The van der Waals surface area contributed by atoms with E-state index < -0.39 is 0 Å². The second kappa shape index (κ2) is 32.6. The van der Waals surface area contributed by atoms with E-state index in [-0.39, 0.29) is 0 Å². The van der Waals surface area contributed by atoms with Crippen molar-refractivity contribution in [3.05, 3.63) is 516 Å². The monoisotopic (exact) mass is 1720 g/mol. The van der Waals surface area contributed by atoms with E-state index in [0.29, 0.717) is 0 Å². The van der Waals surface area contributed by atoms with Crippen molar-refractivity contribution in [2.45, 2.75) is 0 Å². The van der Waals surface area contributed by atoms with Crippen molar-refractivity contribution in [3.8, 4) is 95.2 Å². The second-order valence-corrected chi connectivity index (χ2v) is 35.2. The summed E-state index contributed by atoms with van der Waals surface area (Å²) in [4.78, 5) is 0. The van der Waals surface area contributed by atoms with Crippen LogP contribution in [0, 0.1) is 0 Å². The first-order chi connectivity index (χ1) is 67.1. The van der Waals surface area contributed by atoms with Crippen molar-refractivity contribution in [1.29, 1.82) is 0 Å². The van der Waals surface area contributed by atoms with E-state index in [2.05, 4.69) is 538 Å². The predicted molar refractivity (Wildman–Crippen MR) is 574 cm³/mol. The molecule has 0 atom stereocenters. The van der Waals surface area contributed by atoms with Gasteiger partial charge in [-0.3, -0.25) is 0 Å².